The first kappa shape index (κ1) is 11.0. The van der Waals surface area contributed by atoms with Crippen molar-refractivity contribution in [3.8, 4) is 0 Å². The number of hydrogen-bond donors (Lipinski definition) is 0. The van der Waals surface area contributed by atoms with Crippen LogP contribution in [0.25, 0.3) is 0 Å². The average molecular weight is 183 g/mol. The van der Waals surface area contributed by atoms with Crippen molar-refractivity contribution in [2.75, 3.05) is 13.1 Å². The van der Waals surface area contributed by atoms with Gasteiger partial charge in [0.05, 0.1) is 0 Å². The molecular weight excluding hydrogens is 158 g/mol. The molecule has 1 aliphatic heterocycles. The first-order valence-corrected chi connectivity index (χ1v) is 5.69. The zero-order valence-electron chi connectivity index (χ0n) is 9.93. The van der Waals surface area contributed by atoms with Gasteiger partial charge in [-0.3, -0.25) is 0 Å². The van der Waals surface area contributed by atoms with Crippen LogP contribution in [0.4, 0.5) is 0 Å². The van der Waals surface area contributed by atoms with Crippen molar-refractivity contribution in [3.05, 3.63) is 0 Å². The van der Waals surface area contributed by atoms with Gasteiger partial charge in [0.1, 0.15) is 0 Å². The van der Waals surface area contributed by atoms with Crippen molar-refractivity contribution in [2.24, 2.45) is 11.3 Å². The quantitative estimate of drug-likeness (QED) is 0.635. The molecule has 0 aromatic heterocycles. The van der Waals surface area contributed by atoms with E-state index in [0.29, 0.717) is 5.41 Å². The molecule has 1 nitrogen and oxygen atoms in total. The molecule has 0 aromatic rings. The lowest BCUT2D eigenvalue weighted by molar-refractivity contribution is 0.199. The first-order valence-electron chi connectivity index (χ1n) is 5.69. The van der Waals surface area contributed by atoms with Crippen LogP contribution in [-0.2, 0) is 0 Å². The van der Waals surface area contributed by atoms with Crippen molar-refractivity contribution in [1.29, 1.82) is 0 Å². The van der Waals surface area contributed by atoms with E-state index in [-0.39, 0.29) is 0 Å². The van der Waals surface area contributed by atoms with E-state index in [1.54, 1.807) is 0 Å². The van der Waals surface area contributed by atoms with Crippen molar-refractivity contribution >= 4 is 0 Å². The molecule has 1 rings (SSSR count). The van der Waals surface area contributed by atoms with Crippen molar-refractivity contribution in [2.45, 2.75) is 53.5 Å². The molecule has 1 heteroatoms. The second-order valence-corrected chi connectivity index (χ2v) is 5.60. The van der Waals surface area contributed by atoms with Crippen LogP contribution in [0.2, 0.25) is 0 Å². The molecule has 0 spiro atoms. The van der Waals surface area contributed by atoms with Crippen LogP contribution in [0.15, 0.2) is 0 Å². The summed E-state index contributed by atoms with van der Waals surface area (Å²) < 4.78 is 0. The van der Waals surface area contributed by atoms with Crippen LogP contribution >= 0.6 is 0 Å². The Morgan fingerprint density at radius 2 is 2.00 bits per heavy atom. The summed E-state index contributed by atoms with van der Waals surface area (Å²) in [5, 5.41) is 0. The number of rotatable bonds is 2. The van der Waals surface area contributed by atoms with E-state index in [4.69, 9.17) is 0 Å². The predicted molar refractivity (Wildman–Crippen MR) is 58.9 cm³/mol. The van der Waals surface area contributed by atoms with Crippen molar-refractivity contribution in [1.82, 2.24) is 4.90 Å². The largest absolute Gasteiger partial charge is 0.300 e. The Labute approximate surface area is 83.5 Å². The highest BCUT2D eigenvalue weighted by Gasteiger charge is 2.32. The Balaban J connectivity index is 2.45. The SMILES string of the molecule is CCC(C)N1CCC(C(C)(C)C)C1. The Morgan fingerprint density at radius 3 is 2.38 bits per heavy atom. The summed E-state index contributed by atoms with van der Waals surface area (Å²) in [6.07, 6.45) is 2.69. The minimum absolute atomic E-state index is 0.502. The summed E-state index contributed by atoms with van der Waals surface area (Å²) in [5.41, 5.74) is 0.502. The smallest absolute Gasteiger partial charge is 0.00644 e. The second-order valence-electron chi connectivity index (χ2n) is 5.60. The monoisotopic (exact) mass is 183 g/mol. The van der Waals surface area contributed by atoms with Gasteiger partial charge < -0.3 is 4.90 Å². The van der Waals surface area contributed by atoms with E-state index in [9.17, 15) is 0 Å². The minimum Gasteiger partial charge on any atom is -0.300 e. The van der Waals surface area contributed by atoms with Gasteiger partial charge in [0.25, 0.3) is 0 Å². The van der Waals surface area contributed by atoms with Crippen LogP contribution in [0.5, 0.6) is 0 Å². The molecular formula is C12H25N. The maximum atomic E-state index is 2.65. The Morgan fingerprint density at radius 1 is 1.38 bits per heavy atom. The molecule has 1 fully saturated rings. The molecule has 1 aliphatic rings. The van der Waals surface area contributed by atoms with Crippen LogP contribution < -0.4 is 0 Å². The molecule has 0 amide bonds. The van der Waals surface area contributed by atoms with Gasteiger partial charge in [-0.15, -0.1) is 0 Å². The summed E-state index contributed by atoms with van der Waals surface area (Å²) in [6.45, 7) is 14.4. The molecule has 1 heterocycles. The number of likely N-dealkylation sites (tertiary alicyclic amines) is 1. The van der Waals surface area contributed by atoms with E-state index in [0.717, 1.165) is 12.0 Å². The molecule has 0 aromatic carbocycles. The lowest BCUT2D eigenvalue weighted by Crippen LogP contribution is -2.32. The van der Waals surface area contributed by atoms with Gasteiger partial charge in [0.2, 0.25) is 0 Å². The Bertz CT molecular complexity index is 157. The molecule has 0 saturated carbocycles. The lowest BCUT2D eigenvalue weighted by atomic mass is 9.80. The maximum absolute atomic E-state index is 2.65. The van der Waals surface area contributed by atoms with Crippen LogP contribution in [0, 0.1) is 11.3 Å². The molecule has 0 aliphatic carbocycles. The van der Waals surface area contributed by atoms with Gasteiger partial charge in [-0.25, -0.2) is 0 Å². The third kappa shape index (κ3) is 2.70. The van der Waals surface area contributed by atoms with Crippen LogP contribution in [0.3, 0.4) is 0 Å². The fourth-order valence-electron chi connectivity index (χ4n) is 2.15. The van der Waals surface area contributed by atoms with Crippen molar-refractivity contribution in [3.63, 3.8) is 0 Å². The van der Waals surface area contributed by atoms with E-state index in [2.05, 4.69) is 39.5 Å². The van der Waals surface area contributed by atoms with Crippen LogP contribution in [0.1, 0.15) is 47.5 Å². The molecule has 0 N–H and O–H groups in total. The highest BCUT2D eigenvalue weighted by Crippen LogP contribution is 2.34. The summed E-state index contributed by atoms with van der Waals surface area (Å²) in [6, 6.07) is 0.785. The molecule has 2 atom stereocenters. The maximum Gasteiger partial charge on any atom is 0.00644 e. The first-order chi connectivity index (χ1) is 5.95. The molecule has 1 saturated heterocycles. The summed E-state index contributed by atoms with van der Waals surface area (Å²) >= 11 is 0. The molecule has 13 heavy (non-hydrogen) atoms. The molecule has 2 unspecified atom stereocenters. The summed E-state index contributed by atoms with van der Waals surface area (Å²) in [4.78, 5) is 2.65. The van der Waals surface area contributed by atoms with Gasteiger partial charge in [-0.05, 0) is 37.6 Å². The lowest BCUT2D eigenvalue weighted by Gasteiger charge is -2.28. The zero-order valence-corrected chi connectivity index (χ0v) is 9.93. The normalized spacial score (nSPS) is 27.9. The predicted octanol–water partition coefficient (Wildman–Crippen LogP) is 3.15. The third-order valence-corrected chi connectivity index (χ3v) is 3.66. The van der Waals surface area contributed by atoms with Gasteiger partial charge in [0.15, 0.2) is 0 Å². The van der Waals surface area contributed by atoms with E-state index in [1.807, 2.05) is 0 Å². The number of nitrogens with zero attached hydrogens (tertiary/aromatic N) is 1. The van der Waals surface area contributed by atoms with Gasteiger partial charge >= 0.3 is 0 Å². The Kier molecular flexibility index (Phi) is 3.39. The van der Waals surface area contributed by atoms with Gasteiger partial charge in [0, 0.05) is 12.6 Å². The second kappa shape index (κ2) is 4.00. The molecule has 78 valence electrons. The fourth-order valence-corrected chi connectivity index (χ4v) is 2.15. The van der Waals surface area contributed by atoms with E-state index >= 15 is 0 Å². The summed E-state index contributed by atoms with van der Waals surface area (Å²) in [5.74, 6) is 0.904. The Hall–Kier alpha value is -0.0400. The third-order valence-electron chi connectivity index (χ3n) is 3.66. The standard InChI is InChI=1S/C12H25N/c1-6-10(2)13-8-7-11(9-13)12(3,4)5/h10-11H,6-9H2,1-5H3. The van der Waals surface area contributed by atoms with Gasteiger partial charge in [-0.1, -0.05) is 27.7 Å². The average Bonchev–Trinajstić information content (AvgIpc) is 2.50. The van der Waals surface area contributed by atoms with E-state index in [1.165, 1.54) is 25.9 Å². The highest BCUT2D eigenvalue weighted by molar-refractivity contribution is 4.85. The van der Waals surface area contributed by atoms with Crippen LogP contribution in [-0.4, -0.2) is 24.0 Å². The minimum atomic E-state index is 0.502. The zero-order chi connectivity index (χ0) is 10.1. The summed E-state index contributed by atoms with van der Waals surface area (Å²) in [7, 11) is 0. The highest BCUT2D eigenvalue weighted by atomic mass is 15.2. The molecule has 0 bridgehead atoms. The van der Waals surface area contributed by atoms with Crippen molar-refractivity contribution < 1.29 is 0 Å². The topological polar surface area (TPSA) is 3.24 Å². The fraction of sp³-hybridized carbons (Fsp3) is 1.00. The number of hydrogen-bond acceptors (Lipinski definition) is 1. The van der Waals surface area contributed by atoms with E-state index < -0.39 is 0 Å². The van der Waals surface area contributed by atoms with Gasteiger partial charge in [-0.2, -0.15) is 0 Å². The molecule has 0 radical (unpaired) electrons.